The smallest absolute Gasteiger partial charge is 0.248 e. The van der Waals surface area contributed by atoms with Gasteiger partial charge in [-0.15, -0.1) is 0 Å². The van der Waals surface area contributed by atoms with Crippen molar-refractivity contribution in [1.29, 1.82) is 5.26 Å². The van der Waals surface area contributed by atoms with Crippen LogP contribution in [0.2, 0.25) is 0 Å². The summed E-state index contributed by atoms with van der Waals surface area (Å²) in [6, 6.07) is 9.11. The summed E-state index contributed by atoms with van der Waals surface area (Å²) in [7, 11) is -3.59. The number of rotatable bonds is 6. The molecule has 0 atom stereocenters. The number of aryl methyl sites for hydroxylation is 2. The van der Waals surface area contributed by atoms with Crippen LogP contribution in [0.1, 0.15) is 17.0 Å². The third-order valence-corrected chi connectivity index (χ3v) is 6.68. The summed E-state index contributed by atoms with van der Waals surface area (Å²) in [5, 5.41) is 12.7. The summed E-state index contributed by atoms with van der Waals surface area (Å²) in [5.74, 6) is 0.983. The number of hydrogen-bond donors (Lipinski definition) is 0. The van der Waals surface area contributed by atoms with E-state index in [0.717, 1.165) is 0 Å². The highest BCUT2D eigenvalue weighted by atomic mass is 32.2. The normalized spacial score (nSPS) is 16.2. The monoisotopic (exact) mass is 390 g/mol. The molecule has 1 saturated heterocycles. The van der Waals surface area contributed by atoms with E-state index in [4.69, 9.17) is 14.5 Å². The van der Waals surface area contributed by atoms with Crippen molar-refractivity contribution in [3.8, 4) is 11.8 Å². The van der Waals surface area contributed by atoms with E-state index >= 15 is 0 Å². The van der Waals surface area contributed by atoms with E-state index in [1.165, 1.54) is 4.31 Å². The van der Waals surface area contributed by atoms with Crippen molar-refractivity contribution in [3.63, 3.8) is 0 Å². The molecule has 0 bridgehead atoms. The maximum atomic E-state index is 12.8. The van der Waals surface area contributed by atoms with Crippen molar-refractivity contribution in [3.05, 3.63) is 41.3 Å². The van der Waals surface area contributed by atoms with Gasteiger partial charge in [-0.2, -0.15) is 9.57 Å². The lowest BCUT2D eigenvalue weighted by atomic mass is 10.2. The molecule has 1 aliphatic rings. The van der Waals surface area contributed by atoms with Gasteiger partial charge in [-0.05, 0) is 32.0 Å². The number of sulfonamides is 1. The molecule has 0 aliphatic carbocycles. The highest BCUT2D eigenvalue weighted by molar-refractivity contribution is 7.89. The molecular formula is C18H22N4O4S. The Morgan fingerprint density at radius 2 is 2.00 bits per heavy atom. The van der Waals surface area contributed by atoms with Gasteiger partial charge in [0.1, 0.15) is 22.9 Å². The van der Waals surface area contributed by atoms with Gasteiger partial charge in [-0.1, -0.05) is 11.2 Å². The van der Waals surface area contributed by atoms with E-state index in [0.29, 0.717) is 62.1 Å². The Kier molecular flexibility index (Phi) is 5.79. The molecule has 9 heteroatoms. The molecule has 2 aromatic rings. The molecule has 144 valence electrons. The molecule has 1 aromatic carbocycles. The Hall–Kier alpha value is -2.41. The van der Waals surface area contributed by atoms with E-state index < -0.39 is 10.0 Å². The largest absolute Gasteiger partial charge is 0.492 e. The van der Waals surface area contributed by atoms with Crippen LogP contribution in [0.25, 0.3) is 0 Å². The number of ether oxygens (including phenoxy) is 1. The number of piperazine rings is 1. The Balaban J connectivity index is 1.51. The second kappa shape index (κ2) is 8.08. The second-order valence-corrected chi connectivity index (χ2v) is 8.26. The van der Waals surface area contributed by atoms with Crippen molar-refractivity contribution in [2.45, 2.75) is 18.7 Å². The molecule has 1 fully saturated rings. The maximum absolute atomic E-state index is 12.8. The first-order valence-electron chi connectivity index (χ1n) is 8.70. The van der Waals surface area contributed by atoms with Crippen molar-refractivity contribution in [1.82, 2.24) is 14.4 Å². The molecule has 1 aromatic heterocycles. The van der Waals surface area contributed by atoms with Gasteiger partial charge in [0.15, 0.2) is 5.76 Å². The lowest BCUT2D eigenvalue weighted by Gasteiger charge is -2.33. The fourth-order valence-electron chi connectivity index (χ4n) is 3.11. The van der Waals surface area contributed by atoms with Crippen LogP contribution >= 0.6 is 0 Å². The summed E-state index contributed by atoms with van der Waals surface area (Å²) in [5.41, 5.74) is 0.952. The summed E-state index contributed by atoms with van der Waals surface area (Å²) >= 11 is 0. The lowest BCUT2D eigenvalue weighted by Crippen LogP contribution is -2.49. The summed E-state index contributed by atoms with van der Waals surface area (Å²) < 4.78 is 37.8. The Labute approximate surface area is 159 Å². The molecule has 0 N–H and O–H groups in total. The minimum atomic E-state index is -3.59. The van der Waals surface area contributed by atoms with E-state index in [-0.39, 0.29) is 4.90 Å². The average Bonchev–Trinajstić information content (AvgIpc) is 3.01. The third kappa shape index (κ3) is 4.30. The molecule has 1 aliphatic heterocycles. The number of aromatic nitrogens is 1. The first-order valence-corrected chi connectivity index (χ1v) is 10.1. The minimum Gasteiger partial charge on any atom is -0.492 e. The molecule has 0 saturated carbocycles. The fourth-order valence-corrected chi connectivity index (χ4v) is 4.83. The molecule has 0 spiro atoms. The Bertz CT molecular complexity index is 921. The predicted molar refractivity (Wildman–Crippen MR) is 97.8 cm³/mol. The van der Waals surface area contributed by atoms with E-state index in [1.54, 1.807) is 32.0 Å². The van der Waals surface area contributed by atoms with Gasteiger partial charge >= 0.3 is 0 Å². The number of nitrogens with zero attached hydrogens (tertiary/aromatic N) is 4. The quantitative estimate of drug-likeness (QED) is 0.738. The average molecular weight is 390 g/mol. The SMILES string of the molecule is Cc1noc(C)c1S(=O)(=O)N1CCN(CCOc2cccc(C#N)c2)CC1. The van der Waals surface area contributed by atoms with Crippen LogP contribution in [-0.2, 0) is 10.0 Å². The molecule has 0 unspecified atom stereocenters. The molecule has 0 radical (unpaired) electrons. The van der Waals surface area contributed by atoms with Crippen LogP contribution in [0.3, 0.4) is 0 Å². The van der Waals surface area contributed by atoms with Crippen molar-refractivity contribution < 1.29 is 17.7 Å². The zero-order chi connectivity index (χ0) is 19.4. The van der Waals surface area contributed by atoms with Gasteiger partial charge in [0.05, 0.1) is 11.6 Å². The van der Waals surface area contributed by atoms with Gasteiger partial charge in [0, 0.05) is 32.7 Å². The number of benzene rings is 1. The fraction of sp³-hybridized carbons (Fsp3) is 0.444. The van der Waals surface area contributed by atoms with Crippen molar-refractivity contribution >= 4 is 10.0 Å². The van der Waals surface area contributed by atoms with Crippen molar-refractivity contribution in [2.24, 2.45) is 0 Å². The van der Waals surface area contributed by atoms with Gasteiger partial charge in [0.2, 0.25) is 10.0 Å². The molecule has 8 nitrogen and oxygen atoms in total. The van der Waals surface area contributed by atoms with Gasteiger partial charge in [-0.3, -0.25) is 4.90 Å². The first-order chi connectivity index (χ1) is 12.9. The number of nitriles is 1. The van der Waals surface area contributed by atoms with Crippen LogP contribution in [0, 0.1) is 25.2 Å². The topological polar surface area (TPSA) is 99.7 Å². The highest BCUT2D eigenvalue weighted by Crippen LogP contribution is 2.24. The molecule has 3 rings (SSSR count). The number of hydrogen-bond acceptors (Lipinski definition) is 7. The maximum Gasteiger partial charge on any atom is 0.248 e. The van der Waals surface area contributed by atoms with Gasteiger partial charge in [0.25, 0.3) is 0 Å². The van der Waals surface area contributed by atoms with Gasteiger partial charge in [-0.25, -0.2) is 8.42 Å². The molecule has 0 amide bonds. The zero-order valence-electron chi connectivity index (χ0n) is 15.4. The molecule has 27 heavy (non-hydrogen) atoms. The molecule has 2 heterocycles. The van der Waals surface area contributed by atoms with E-state index in [1.807, 2.05) is 6.07 Å². The standard InChI is InChI=1S/C18H22N4O4S/c1-14-18(15(2)26-20-14)27(23,24)22-8-6-21(7-9-22)10-11-25-17-5-3-4-16(12-17)13-19/h3-5,12H,6-11H2,1-2H3. The lowest BCUT2D eigenvalue weighted by molar-refractivity contribution is 0.159. The van der Waals surface area contributed by atoms with Crippen LogP contribution in [0.5, 0.6) is 5.75 Å². The third-order valence-electron chi connectivity index (χ3n) is 4.54. The van der Waals surface area contributed by atoms with E-state index in [2.05, 4.69) is 16.1 Å². The van der Waals surface area contributed by atoms with Crippen LogP contribution < -0.4 is 4.74 Å². The van der Waals surface area contributed by atoms with Crippen LogP contribution in [-0.4, -0.2) is 62.1 Å². The van der Waals surface area contributed by atoms with Crippen molar-refractivity contribution in [2.75, 3.05) is 39.3 Å². The Morgan fingerprint density at radius 1 is 1.26 bits per heavy atom. The molecular weight excluding hydrogens is 368 g/mol. The summed E-state index contributed by atoms with van der Waals surface area (Å²) in [4.78, 5) is 2.34. The zero-order valence-corrected chi connectivity index (χ0v) is 16.2. The second-order valence-electron chi connectivity index (χ2n) is 6.39. The summed E-state index contributed by atoms with van der Waals surface area (Å²) in [6.45, 7) is 6.50. The Morgan fingerprint density at radius 3 is 2.63 bits per heavy atom. The first kappa shape index (κ1) is 19.4. The summed E-state index contributed by atoms with van der Waals surface area (Å²) in [6.07, 6.45) is 0. The van der Waals surface area contributed by atoms with Crippen LogP contribution in [0.4, 0.5) is 0 Å². The highest BCUT2D eigenvalue weighted by Gasteiger charge is 2.33. The van der Waals surface area contributed by atoms with E-state index in [9.17, 15) is 8.42 Å². The minimum absolute atomic E-state index is 0.177. The predicted octanol–water partition coefficient (Wildman–Crippen LogP) is 1.55. The van der Waals surface area contributed by atoms with Crippen LogP contribution in [0.15, 0.2) is 33.7 Å². The van der Waals surface area contributed by atoms with Gasteiger partial charge < -0.3 is 9.26 Å².